The number of carbonyl (C=O) groups excluding carboxylic acids is 2. The fourth-order valence-electron chi connectivity index (χ4n) is 3.28. The molecule has 1 heterocycles. The number of aliphatic hydroxyl groups is 1. The molecule has 0 aromatic heterocycles. The fourth-order valence-corrected chi connectivity index (χ4v) is 3.41. The van der Waals surface area contributed by atoms with Crippen molar-refractivity contribution >= 4 is 34.7 Å². The van der Waals surface area contributed by atoms with Crippen molar-refractivity contribution in [2.75, 3.05) is 26.7 Å². The van der Waals surface area contributed by atoms with Crippen LogP contribution in [-0.4, -0.2) is 58.4 Å². The maximum absolute atomic E-state index is 13.1. The SMILES string of the molecule is CN(CCO)C1=C(c2ccc([N+](=O)[O-])cc2)C(=O)N(CCc2ccc(Cl)cc2)C1=O. The summed E-state index contributed by atoms with van der Waals surface area (Å²) in [5, 5.41) is 20.8. The molecule has 0 spiro atoms. The molecule has 1 N–H and O–H groups in total. The van der Waals surface area contributed by atoms with Gasteiger partial charge in [0.1, 0.15) is 5.70 Å². The van der Waals surface area contributed by atoms with Gasteiger partial charge in [0, 0.05) is 37.3 Å². The van der Waals surface area contributed by atoms with E-state index in [-0.39, 0.29) is 36.7 Å². The van der Waals surface area contributed by atoms with Crippen LogP contribution in [0.25, 0.3) is 5.57 Å². The summed E-state index contributed by atoms with van der Waals surface area (Å²) in [6.07, 6.45) is 0.458. The Morgan fingerprint density at radius 3 is 2.27 bits per heavy atom. The number of nitro benzene ring substituents is 1. The number of nitro groups is 1. The van der Waals surface area contributed by atoms with Gasteiger partial charge in [-0.25, -0.2) is 0 Å². The van der Waals surface area contributed by atoms with E-state index in [0.717, 1.165) is 10.5 Å². The highest BCUT2D eigenvalue weighted by Gasteiger charge is 2.40. The Hall–Kier alpha value is -3.23. The Labute approximate surface area is 178 Å². The van der Waals surface area contributed by atoms with Crippen LogP contribution >= 0.6 is 11.6 Å². The van der Waals surface area contributed by atoms with E-state index in [2.05, 4.69) is 0 Å². The second-order valence-corrected chi connectivity index (χ2v) is 7.25. The van der Waals surface area contributed by atoms with Crippen molar-refractivity contribution in [2.45, 2.75) is 6.42 Å². The third-order valence-electron chi connectivity index (χ3n) is 4.86. The highest BCUT2D eigenvalue weighted by Crippen LogP contribution is 2.32. The van der Waals surface area contributed by atoms with Crippen LogP contribution in [0.1, 0.15) is 11.1 Å². The standard InChI is InChI=1S/C21H20ClN3O5/c1-23(12-13-26)19-18(15-4-8-17(9-5-15)25(29)30)20(27)24(21(19)28)11-10-14-2-6-16(22)7-3-14/h2-9,26H,10-13H2,1H3. The number of carbonyl (C=O) groups is 2. The summed E-state index contributed by atoms with van der Waals surface area (Å²) < 4.78 is 0. The molecule has 9 heteroatoms. The molecule has 0 saturated heterocycles. The molecular weight excluding hydrogens is 410 g/mol. The first-order chi connectivity index (χ1) is 14.3. The molecule has 0 unspecified atom stereocenters. The van der Waals surface area contributed by atoms with Gasteiger partial charge in [-0.05, 0) is 41.8 Å². The van der Waals surface area contributed by atoms with E-state index in [1.54, 1.807) is 19.2 Å². The lowest BCUT2D eigenvalue weighted by molar-refractivity contribution is -0.384. The number of rotatable bonds is 8. The summed E-state index contributed by atoms with van der Waals surface area (Å²) >= 11 is 5.89. The van der Waals surface area contributed by atoms with E-state index in [4.69, 9.17) is 11.6 Å². The van der Waals surface area contributed by atoms with Gasteiger partial charge >= 0.3 is 0 Å². The van der Waals surface area contributed by atoms with Gasteiger partial charge in [0.05, 0.1) is 17.1 Å². The van der Waals surface area contributed by atoms with Crippen molar-refractivity contribution in [1.29, 1.82) is 0 Å². The first-order valence-corrected chi connectivity index (χ1v) is 9.63. The second-order valence-electron chi connectivity index (χ2n) is 6.81. The number of amides is 2. The molecule has 3 rings (SSSR count). The number of aliphatic hydroxyl groups excluding tert-OH is 1. The fraction of sp³-hybridized carbons (Fsp3) is 0.238. The maximum atomic E-state index is 13.1. The van der Waals surface area contributed by atoms with Gasteiger partial charge in [0.15, 0.2) is 0 Å². The van der Waals surface area contributed by atoms with Crippen LogP contribution in [0.3, 0.4) is 0 Å². The van der Waals surface area contributed by atoms with Gasteiger partial charge in [-0.2, -0.15) is 0 Å². The molecule has 0 aliphatic carbocycles. The molecular formula is C21H20ClN3O5. The van der Waals surface area contributed by atoms with E-state index in [9.17, 15) is 24.8 Å². The highest BCUT2D eigenvalue weighted by molar-refractivity contribution is 6.35. The molecule has 2 aromatic carbocycles. The number of nitrogens with zero attached hydrogens (tertiary/aromatic N) is 3. The molecule has 2 amide bonds. The van der Waals surface area contributed by atoms with Crippen LogP contribution in [0.4, 0.5) is 5.69 Å². The van der Waals surface area contributed by atoms with Crippen molar-refractivity contribution in [2.24, 2.45) is 0 Å². The summed E-state index contributed by atoms with van der Waals surface area (Å²) in [5.41, 5.74) is 1.56. The molecule has 0 atom stereocenters. The lowest BCUT2D eigenvalue weighted by Gasteiger charge is -2.20. The van der Waals surface area contributed by atoms with Crippen LogP contribution in [0.15, 0.2) is 54.2 Å². The summed E-state index contributed by atoms with van der Waals surface area (Å²) in [4.78, 5) is 39.3. The molecule has 1 aliphatic rings. The van der Waals surface area contributed by atoms with Crippen LogP contribution in [0, 0.1) is 10.1 Å². The second kappa shape index (κ2) is 9.06. The predicted molar refractivity (Wildman–Crippen MR) is 112 cm³/mol. The Morgan fingerprint density at radius 1 is 1.07 bits per heavy atom. The molecule has 156 valence electrons. The number of halogens is 1. The topological polar surface area (TPSA) is 104 Å². The lowest BCUT2D eigenvalue weighted by atomic mass is 10.0. The average Bonchev–Trinajstić information content (AvgIpc) is 2.98. The van der Waals surface area contributed by atoms with Gasteiger partial charge in [0.25, 0.3) is 17.5 Å². The summed E-state index contributed by atoms with van der Waals surface area (Å²) in [6.45, 7) is 0.141. The molecule has 0 saturated carbocycles. The first-order valence-electron chi connectivity index (χ1n) is 9.25. The summed E-state index contributed by atoms with van der Waals surface area (Å²) in [7, 11) is 1.62. The highest BCUT2D eigenvalue weighted by atomic mass is 35.5. The zero-order valence-corrected chi connectivity index (χ0v) is 17.0. The number of hydrogen-bond acceptors (Lipinski definition) is 6. The van der Waals surface area contributed by atoms with E-state index < -0.39 is 16.7 Å². The van der Waals surface area contributed by atoms with Gasteiger partial charge in [-0.3, -0.25) is 24.6 Å². The monoisotopic (exact) mass is 429 g/mol. The van der Waals surface area contributed by atoms with Gasteiger partial charge < -0.3 is 10.0 Å². The molecule has 0 fully saturated rings. The van der Waals surface area contributed by atoms with Gasteiger partial charge in [-0.15, -0.1) is 0 Å². The third-order valence-corrected chi connectivity index (χ3v) is 5.12. The number of benzene rings is 2. The number of imide groups is 1. The van der Waals surface area contributed by atoms with Crippen molar-refractivity contribution in [3.63, 3.8) is 0 Å². The molecule has 8 nitrogen and oxygen atoms in total. The first kappa shape index (κ1) is 21.5. The molecule has 0 bridgehead atoms. The smallest absolute Gasteiger partial charge is 0.277 e. The minimum atomic E-state index is -0.531. The largest absolute Gasteiger partial charge is 0.395 e. The normalized spacial score (nSPS) is 13.9. The zero-order chi connectivity index (χ0) is 21.8. The van der Waals surface area contributed by atoms with Crippen molar-refractivity contribution < 1.29 is 19.6 Å². The van der Waals surface area contributed by atoms with E-state index in [0.29, 0.717) is 17.0 Å². The zero-order valence-electron chi connectivity index (χ0n) is 16.2. The molecule has 1 aliphatic heterocycles. The quantitative estimate of drug-likeness (QED) is 0.393. The Bertz CT molecular complexity index is 1000. The third kappa shape index (κ3) is 4.34. The maximum Gasteiger partial charge on any atom is 0.277 e. The molecule has 30 heavy (non-hydrogen) atoms. The van der Waals surface area contributed by atoms with E-state index >= 15 is 0 Å². The number of hydrogen-bond donors (Lipinski definition) is 1. The van der Waals surface area contributed by atoms with Crippen LogP contribution < -0.4 is 0 Å². The molecule has 0 radical (unpaired) electrons. The van der Waals surface area contributed by atoms with Crippen LogP contribution in [0.2, 0.25) is 5.02 Å². The minimum absolute atomic E-state index is 0.110. The molecule has 2 aromatic rings. The van der Waals surface area contributed by atoms with Gasteiger partial charge in [-0.1, -0.05) is 23.7 Å². The Morgan fingerprint density at radius 2 is 1.70 bits per heavy atom. The Kier molecular flexibility index (Phi) is 6.49. The van der Waals surface area contributed by atoms with Crippen molar-refractivity contribution in [3.8, 4) is 0 Å². The minimum Gasteiger partial charge on any atom is -0.395 e. The number of non-ortho nitro benzene ring substituents is 1. The predicted octanol–water partition coefficient (Wildman–Crippen LogP) is 2.49. The van der Waals surface area contributed by atoms with Crippen LogP contribution in [0.5, 0.6) is 0 Å². The average molecular weight is 430 g/mol. The van der Waals surface area contributed by atoms with Crippen molar-refractivity contribution in [3.05, 3.63) is 80.5 Å². The summed E-state index contributed by atoms with van der Waals surface area (Å²) in [6, 6.07) is 12.6. The number of likely N-dealkylation sites (N-methyl/N-ethyl adjacent to an activating group) is 1. The van der Waals surface area contributed by atoms with Gasteiger partial charge in [0.2, 0.25) is 0 Å². The van der Waals surface area contributed by atoms with E-state index in [1.807, 2.05) is 12.1 Å². The van der Waals surface area contributed by atoms with Crippen LogP contribution in [-0.2, 0) is 16.0 Å². The summed E-state index contributed by atoms with van der Waals surface area (Å²) in [5.74, 6) is -0.930. The van der Waals surface area contributed by atoms with Crippen molar-refractivity contribution in [1.82, 2.24) is 9.80 Å². The lowest BCUT2D eigenvalue weighted by Crippen LogP contribution is -2.36. The van der Waals surface area contributed by atoms with E-state index in [1.165, 1.54) is 29.2 Å². The Balaban J connectivity index is 1.91.